The van der Waals surface area contributed by atoms with Crippen molar-refractivity contribution in [2.45, 2.75) is 63.1 Å². The van der Waals surface area contributed by atoms with Gasteiger partial charge in [0.1, 0.15) is 0 Å². The lowest BCUT2D eigenvalue weighted by molar-refractivity contribution is 0.152. The molecule has 1 spiro atoms. The van der Waals surface area contributed by atoms with Crippen LogP contribution in [0.15, 0.2) is 53.4 Å². The summed E-state index contributed by atoms with van der Waals surface area (Å²) in [6.07, 6.45) is 5.55. The van der Waals surface area contributed by atoms with Crippen LogP contribution in [0.3, 0.4) is 0 Å². The molecule has 2 heterocycles. The van der Waals surface area contributed by atoms with Crippen LogP contribution in [0.2, 0.25) is 0 Å². The van der Waals surface area contributed by atoms with Crippen LogP contribution in [0.25, 0.3) is 0 Å². The first-order valence-electron chi connectivity index (χ1n) is 10.9. The first kappa shape index (κ1) is 19.3. The predicted octanol–water partition coefficient (Wildman–Crippen LogP) is 4.20. The van der Waals surface area contributed by atoms with Gasteiger partial charge >= 0.3 is 0 Å². The fourth-order valence-electron chi connectivity index (χ4n) is 5.50. The standard InChI is InChI=1S/C24H30N2O2S/c1-19-15-24(11-5-12-24)18-26(19)29(27,28)23-9-8-22-17-25(13-10-21(22)14-23)16-20-6-3-2-4-7-20/h2-4,6-9,14,19H,5,10-13,15-18H2,1H3. The Balaban J connectivity index is 1.33. The zero-order valence-electron chi connectivity index (χ0n) is 17.2. The van der Waals surface area contributed by atoms with Crippen LogP contribution in [-0.4, -0.2) is 36.8 Å². The molecule has 154 valence electrons. The van der Waals surface area contributed by atoms with E-state index in [1.165, 1.54) is 36.0 Å². The van der Waals surface area contributed by atoms with Gasteiger partial charge in [-0.15, -0.1) is 0 Å². The molecule has 5 rings (SSSR count). The summed E-state index contributed by atoms with van der Waals surface area (Å²) in [6, 6.07) is 16.5. The van der Waals surface area contributed by atoms with Crippen LogP contribution in [0.4, 0.5) is 0 Å². The van der Waals surface area contributed by atoms with Gasteiger partial charge in [-0.05, 0) is 66.8 Å². The van der Waals surface area contributed by atoms with Gasteiger partial charge in [-0.2, -0.15) is 4.31 Å². The molecule has 0 aromatic heterocycles. The molecule has 0 N–H and O–H groups in total. The summed E-state index contributed by atoms with van der Waals surface area (Å²) >= 11 is 0. The summed E-state index contributed by atoms with van der Waals surface area (Å²) in [7, 11) is -3.41. The van der Waals surface area contributed by atoms with E-state index in [0.717, 1.165) is 32.5 Å². The van der Waals surface area contributed by atoms with E-state index >= 15 is 0 Å². The highest BCUT2D eigenvalue weighted by Crippen LogP contribution is 2.51. The van der Waals surface area contributed by atoms with Crippen LogP contribution < -0.4 is 0 Å². The molecule has 0 bridgehead atoms. The Morgan fingerprint density at radius 3 is 2.55 bits per heavy atom. The molecule has 3 aliphatic rings. The quantitative estimate of drug-likeness (QED) is 0.759. The summed E-state index contributed by atoms with van der Waals surface area (Å²) in [4.78, 5) is 2.92. The van der Waals surface area contributed by atoms with Crippen molar-refractivity contribution in [3.05, 3.63) is 65.2 Å². The molecule has 1 unspecified atom stereocenters. The van der Waals surface area contributed by atoms with Crippen molar-refractivity contribution in [3.8, 4) is 0 Å². The van der Waals surface area contributed by atoms with Crippen molar-refractivity contribution in [1.29, 1.82) is 0 Å². The van der Waals surface area contributed by atoms with E-state index in [1.54, 1.807) is 4.31 Å². The van der Waals surface area contributed by atoms with E-state index in [0.29, 0.717) is 11.4 Å². The lowest BCUT2D eigenvalue weighted by Crippen LogP contribution is -2.37. The number of nitrogens with zero attached hydrogens (tertiary/aromatic N) is 2. The molecule has 29 heavy (non-hydrogen) atoms. The molecule has 1 saturated heterocycles. The normalized spacial score (nSPS) is 24.4. The smallest absolute Gasteiger partial charge is 0.243 e. The lowest BCUT2D eigenvalue weighted by atomic mass is 9.68. The molecular formula is C24H30N2O2S. The minimum Gasteiger partial charge on any atom is -0.294 e. The molecule has 2 aromatic carbocycles. The molecule has 0 amide bonds. The SMILES string of the molecule is CC1CC2(CCC2)CN1S(=O)(=O)c1ccc2c(c1)CCN(Cc1ccccc1)C2. The first-order chi connectivity index (χ1) is 14.0. The van der Waals surface area contributed by atoms with E-state index in [-0.39, 0.29) is 11.5 Å². The van der Waals surface area contributed by atoms with Gasteiger partial charge in [-0.25, -0.2) is 8.42 Å². The Kier molecular flexibility index (Phi) is 4.80. The first-order valence-corrected chi connectivity index (χ1v) is 12.3. The third-order valence-electron chi connectivity index (χ3n) is 7.25. The highest BCUT2D eigenvalue weighted by atomic mass is 32.2. The fraction of sp³-hybridized carbons (Fsp3) is 0.500. The van der Waals surface area contributed by atoms with Gasteiger partial charge in [0.25, 0.3) is 0 Å². The van der Waals surface area contributed by atoms with Gasteiger partial charge in [-0.3, -0.25) is 4.90 Å². The second-order valence-electron chi connectivity index (χ2n) is 9.33. The fourth-order valence-corrected chi connectivity index (χ4v) is 7.29. The Bertz CT molecular complexity index is 999. The van der Waals surface area contributed by atoms with Crippen molar-refractivity contribution in [3.63, 3.8) is 0 Å². The van der Waals surface area contributed by atoms with Gasteiger partial charge in [0.05, 0.1) is 4.90 Å². The molecule has 1 atom stereocenters. The highest BCUT2D eigenvalue weighted by molar-refractivity contribution is 7.89. The van der Waals surface area contributed by atoms with Gasteiger partial charge in [-0.1, -0.05) is 42.8 Å². The molecule has 1 aliphatic carbocycles. The minimum atomic E-state index is -3.41. The van der Waals surface area contributed by atoms with Crippen molar-refractivity contribution in [2.75, 3.05) is 13.1 Å². The Morgan fingerprint density at radius 1 is 1.07 bits per heavy atom. The monoisotopic (exact) mass is 410 g/mol. The van der Waals surface area contributed by atoms with Crippen molar-refractivity contribution >= 4 is 10.0 Å². The number of hydrogen-bond donors (Lipinski definition) is 0. The molecule has 0 radical (unpaired) electrons. The molecule has 5 heteroatoms. The van der Waals surface area contributed by atoms with Gasteiger partial charge in [0.2, 0.25) is 10.0 Å². The second kappa shape index (κ2) is 7.22. The largest absolute Gasteiger partial charge is 0.294 e. The highest BCUT2D eigenvalue weighted by Gasteiger charge is 2.50. The molecule has 1 saturated carbocycles. The maximum Gasteiger partial charge on any atom is 0.243 e. The summed E-state index contributed by atoms with van der Waals surface area (Å²) in [6.45, 7) is 5.57. The maximum absolute atomic E-state index is 13.4. The lowest BCUT2D eigenvalue weighted by Gasteiger charge is -2.38. The van der Waals surface area contributed by atoms with Crippen LogP contribution in [-0.2, 0) is 29.5 Å². The summed E-state index contributed by atoms with van der Waals surface area (Å²) in [5.41, 5.74) is 4.04. The van der Waals surface area contributed by atoms with Crippen molar-refractivity contribution in [1.82, 2.24) is 9.21 Å². The summed E-state index contributed by atoms with van der Waals surface area (Å²) in [5, 5.41) is 0. The van der Waals surface area contributed by atoms with Crippen molar-refractivity contribution in [2.24, 2.45) is 5.41 Å². The zero-order chi connectivity index (χ0) is 20.1. The third kappa shape index (κ3) is 3.54. The van der Waals surface area contributed by atoms with Gasteiger partial charge in [0.15, 0.2) is 0 Å². The van der Waals surface area contributed by atoms with Crippen LogP contribution in [0.1, 0.15) is 49.3 Å². The van der Waals surface area contributed by atoms with Crippen LogP contribution in [0, 0.1) is 5.41 Å². The van der Waals surface area contributed by atoms with E-state index < -0.39 is 10.0 Å². The zero-order valence-corrected chi connectivity index (χ0v) is 18.0. The summed E-state index contributed by atoms with van der Waals surface area (Å²) < 4.78 is 28.5. The van der Waals surface area contributed by atoms with Gasteiger partial charge < -0.3 is 0 Å². The maximum atomic E-state index is 13.4. The Hall–Kier alpha value is -1.69. The molecule has 2 fully saturated rings. The number of sulfonamides is 1. The van der Waals surface area contributed by atoms with Crippen LogP contribution in [0.5, 0.6) is 0 Å². The van der Waals surface area contributed by atoms with E-state index in [4.69, 9.17) is 0 Å². The van der Waals surface area contributed by atoms with Crippen LogP contribution >= 0.6 is 0 Å². The minimum absolute atomic E-state index is 0.109. The molecule has 4 nitrogen and oxygen atoms in total. The predicted molar refractivity (Wildman–Crippen MR) is 115 cm³/mol. The number of rotatable bonds is 4. The number of hydrogen-bond acceptors (Lipinski definition) is 3. The average molecular weight is 411 g/mol. The van der Waals surface area contributed by atoms with E-state index in [2.05, 4.69) is 36.1 Å². The Morgan fingerprint density at radius 2 is 1.86 bits per heavy atom. The topological polar surface area (TPSA) is 40.6 Å². The third-order valence-corrected chi connectivity index (χ3v) is 9.21. The second-order valence-corrected chi connectivity index (χ2v) is 11.2. The summed E-state index contributed by atoms with van der Waals surface area (Å²) in [5.74, 6) is 0. The molecular weight excluding hydrogens is 380 g/mol. The molecule has 2 aromatic rings. The Labute approximate surface area is 174 Å². The van der Waals surface area contributed by atoms with Crippen molar-refractivity contribution < 1.29 is 8.42 Å². The van der Waals surface area contributed by atoms with Gasteiger partial charge in [0, 0.05) is 32.2 Å². The average Bonchev–Trinajstić information content (AvgIpc) is 3.07. The number of benzene rings is 2. The van der Waals surface area contributed by atoms with E-state index in [1.807, 2.05) is 24.3 Å². The molecule has 2 aliphatic heterocycles. The van der Waals surface area contributed by atoms with E-state index in [9.17, 15) is 8.42 Å². The number of fused-ring (bicyclic) bond motifs is 1.